The van der Waals surface area contributed by atoms with E-state index in [9.17, 15) is 13.2 Å². The van der Waals surface area contributed by atoms with Gasteiger partial charge >= 0.3 is 5.97 Å². The van der Waals surface area contributed by atoms with Crippen LogP contribution >= 0.6 is 23.4 Å². The molecule has 0 spiro atoms. The molecular formula is C22H22ClNO4S2. The molecule has 0 amide bonds. The normalized spacial score (nSPS) is 12.5. The van der Waals surface area contributed by atoms with E-state index in [1.54, 1.807) is 61.5 Å². The van der Waals surface area contributed by atoms with Gasteiger partial charge in [-0.25, -0.2) is 12.4 Å². The van der Waals surface area contributed by atoms with Crippen LogP contribution in [0.4, 0.5) is 0 Å². The van der Waals surface area contributed by atoms with Crippen molar-refractivity contribution < 1.29 is 17.9 Å². The summed E-state index contributed by atoms with van der Waals surface area (Å²) < 4.78 is 32.7. The van der Waals surface area contributed by atoms with Crippen molar-refractivity contribution in [1.82, 2.24) is 3.97 Å². The van der Waals surface area contributed by atoms with Crippen LogP contribution in [0, 0.1) is 0 Å². The monoisotopic (exact) mass is 463 g/mol. The first-order valence-electron chi connectivity index (χ1n) is 9.47. The highest BCUT2D eigenvalue weighted by Crippen LogP contribution is 2.40. The molecule has 0 aliphatic carbocycles. The fourth-order valence-corrected chi connectivity index (χ4v) is 5.77. The molecule has 30 heavy (non-hydrogen) atoms. The second kappa shape index (κ2) is 10.2. The number of benzene rings is 2. The minimum atomic E-state index is -3.75. The molecular weight excluding hydrogens is 442 g/mol. The molecule has 1 atom stereocenters. The van der Waals surface area contributed by atoms with Crippen molar-refractivity contribution >= 4 is 39.4 Å². The van der Waals surface area contributed by atoms with Crippen molar-refractivity contribution in [2.45, 2.75) is 34.8 Å². The zero-order chi connectivity index (χ0) is 21.6. The summed E-state index contributed by atoms with van der Waals surface area (Å²) in [5, 5.41) is 0.349. The fraction of sp³-hybridized carbons (Fsp3) is 0.227. The molecule has 3 rings (SSSR count). The summed E-state index contributed by atoms with van der Waals surface area (Å²) in [7, 11) is -3.75. The van der Waals surface area contributed by atoms with Crippen LogP contribution in [0.2, 0.25) is 5.02 Å². The SMILES string of the molecule is CCOC(=O)CCC(Sc1ccc(Cl)cc1)c1cccn1S(=O)(=O)c1ccccc1. The Morgan fingerprint density at radius 2 is 1.77 bits per heavy atom. The Labute approximate surface area is 186 Å². The molecule has 1 unspecified atom stereocenters. The van der Waals surface area contributed by atoms with Gasteiger partial charge in [0.1, 0.15) is 0 Å². The van der Waals surface area contributed by atoms with E-state index in [1.807, 2.05) is 12.1 Å². The van der Waals surface area contributed by atoms with Crippen LogP contribution in [-0.4, -0.2) is 25.0 Å². The molecule has 5 nitrogen and oxygen atoms in total. The van der Waals surface area contributed by atoms with E-state index < -0.39 is 10.0 Å². The second-order valence-electron chi connectivity index (χ2n) is 6.45. The minimum Gasteiger partial charge on any atom is -0.466 e. The molecule has 8 heteroatoms. The van der Waals surface area contributed by atoms with Crippen molar-refractivity contribution in [1.29, 1.82) is 0 Å². The molecule has 0 aliphatic rings. The fourth-order valence-electron chi connectivity index (χ4n) is 2.98. The van der Waals surface area contributed by atoms with Gasteiger partial charge in [0.2, 0.25) is 0 Å². The maximum absolute atomic E-state index is 13.2. The van der Waals surface area contributed by atoms with Gasteiger partial charge in [0, 0.05) is 28.2 Å². The molecule has 3 aromatic rings. The van der Waals surface area contributed by atoms with Gasteiger partial charge in [-0.15, -0.1) is 11.8 Å². The number of rotatable bonds is 9. The maximum Gasteiger partial charge on any atom is 0.305 e. The topological polar surface area (TPSA) is 65.4 Å². The van der Waals surface area contributed by atoms with E-state index in [0.29, 0.717) is 23.7 Å². The number of halogens is 1. The zero-order valence-corrected chi connectivity index (χ0v) is 18.8. The molecule has 0 N–H and O–H groups in total. The summed E-state index contributed by atoms with van der Waals surface area (Å²) >= 11 is 7.47. The average molecular weight is 464 g/mol. The highest BCUT2D eigenvalue weighted by Gasteiger charge is 2.25. The minimum absolute atomic E-state index is 0.190. The molecule has 0 fully saturated rings. The summed E-state index contributed by atoms with van der Waals surface area (Å²) in [6, 6.07) is 19.1. The highest BCUT2D eigenvalue weighted by atomic mass is 35.5. The lowest BCUT2D eigenvalue weighted by Gasteiger charge is -2.19. The lowest BCUT2D eigenvalue weighted by molar-refractivity contribution is -0.143. The largest absolute Gasteiger partial charge is 0.466 e. The van der Waals surface area contributed by atoms with Crippen molar-refractivity contribution in [2.24, 2.45) is 0 Å². The predicted octanol–water partition coefficient (Wildman–Crippen LogP) is 5.56. The van der Waals surface area contributed by atoms with E-state index in [2.05, 4.69) is 0 Å². The van der Waals surface area contributed by atoms with Gasteiger partial charge in [-0.3, -0.25) is 4.79 Å². The molecule has 0 radical (unpaired) electrons. The van der Waals surface area contributed by atoms with Gasteiger partial charge in [0.05, 0.1) is 16.8 Å². The lowest BCUT2D eigenvalue weighted by Crippen LogP contribution is -2.17. The molecule has 1 heterocycles. The quantitative estimate of drug-likeness (QED) is 0.307. The van der Waals surface area contributed by atoms with Gasteiger partial charge < -0.3 is 4.74 Å². The number of hydrogen-bond donors (Lipinski definition) is 0. The van der Waals surface area contributed by atoms with Gasteiger partial charge in [0.15, 0.2) is 0 Å². The Hall–Kier alpha value is -2.22. The number of thioether (sulfide) groups is 1. The third kappa shape index (κ3) is 5.47. The van der Waals surface area contributed by atoms with Crippen molar-refractivity contribution in [2.75, 3.05) is 6.61 Å². The van der Waals surface area contributed by atoms with Gasteiger partial charge in [-0.05, 0) is 61.9 Å². The molecule has 158 valence electrons. The second-order valence-corrected chi connectivity index (χ2v) is 9.98. The number of ether oxygens (including phenoxy) is 1. The van der Waals surface area contributed by atoms with E-state index in [-0.39, 0.29) is 22.5 Å². The van der Waals surface area contributed by atoms with Crippen molar-refractivity contribution in [3.8, 4) is 0 Å². The number of carbonyl (C=O) groups excluding carboxylic acids is 1. The Balaban J connectivity index is 1.94. The Morgan fingerprint density at radius 1 is 1.07 bits per heavy atom. The zero-order valence-electron chi connectivity index (χ0n) is 16.4. The predicted molar refractivity (Wildman–Crippen MR) is 119 cm³/mol. The number of carbonyl (C=O) groups is 1. The first kappa shape index (κ1) is 22.5. The van der Waals surface area contributed by atoms with Crippen LogP contribution < -0.4 is 0 Å². The summed E-state index contributed by atoms with van der Waals surface area (Å²) in [5.74, 6) is -0.303. The van der Waals surface area contributed by atoms with Crippen LogP contribution in [0.3, 0.4) is 0 Å². The standard InChI is InChI=1S/C22H22ClNO4S2/c1-2-28-22(25)15-14-21(29-18-12-10-17(23)11-13-18)20-9-6-16-24(20)30(26,27)19-7-4-3-5-8-19/h3-13,16,21H,2,14-15H2,1H3. The van der Waals surface area contributed by atoms with Crippen LogP contribution in [0.15, 0.2) is 82.7 Å². The first-order chi connectivity index (χ1) is 14.4. The third-order valence-electron chi connectivity index (χ3n) is 4.38. The van der Waals surface area contributed by atoms with Crippen molar-refractivity contribution in [3.05, 3.63) is 83.6 Å². The van der Waals surface area contributed by atoms with E-state index in [4.69, 9.17) is 16.3 Å². The van der Waals surface area contributed by atoms with E-state index >= 15 is 0 Å². The first-order valence-corrected chi connectivity index (χ1v) is 12.2. The summed E-state index contributed by atoms with van der Waals surface area (Å²) in [4.78, 5) is 13.1. The summed E-state index contributed by atoms with van der Waals surface area (Å²) in [6.45, 7) is 2.07. The smallest absolute Gasteiger partial charge is 0.305 e. The maximum atomic E-state index is 13.2. The Bertz CT molecular complexity index is 1080. The summed E-state index contributed by atoms with van der Waals surface area (Å²) in [5.41, 5.74) is 0.600. The van der Waals surface area contributed by atoms with E-state index in [1.165, 1.54) is 21.9 Å². The van der Waals surface area contributed by atoms with Crippen LogP contribution in [0.25, 0.3) is 0 Å². The number of hydrogen-bond acceptors (Lipinski definition) is 5. The van der Waals surface area contributed by atoms with Gasteiger partial charge in [-0.1, -0.05) is 29.8 Å². The van der Waals surface area contributed by atoms with Gasteiger partial charge in [0.25, 0.3) is 10.0 Å². The van der Waals surface area contributed by atoms with Crippen LogP contribution in [0.5, 0.6) is 0 Å². The Morgan fingerprint density at radius 3 is 2.43 bits per heavy atom. The molecule has 0 aliphatic heterocycles. The molecule has 1 aromatic heterocycles. The summed E-state index contributed by atoms with van der Waals surface area (Å²) in [6.07, 6.45) is 2.16. The average Bonchev–Trinajstić information content (AvgIpc) is 3.24. The molecule has 0 saturated heterocycles. The lowest BCUT2D eigenvalue weighted by atomic mass is 10.2. The number of nitrogens with zero attached hydrogens (tertiary/aromatic N) is 1. The highest BCUT2D eigenvalue weighted by molar-refractivity contribution is 7.99. The van der Waals surface area contributed by atoms with E-state index in [0.717, 1.165) is 4.90 Å². The third-order valence-corrected chi connectivity index (χ3v) is 7.66. The number of aromatic nitrogens is 1. The molecule has 0 bridgehead atoms. The van der Waals surface area contributed by atoms with Crippen LogP contribution in [-0.2, 0) is 19.6 Å². The Kier molecular flexibility index (Phi) is 7.64. The van der Waals surface area contributed by atoms with Gasteiger partial charge in [-0.2, -0.15) is 0 Å². The molecule has 0 saturated carbocycles. The number of esters is 1. The molecule has 2 aromatic carbocycles. The van der Waals surface area contributed by atoms with Crippen molar-refractivity contribution in [3.63, 3.8) is 0 Å². The van der Waals surface area contributed by atoms with Crippen LogP contribution in [0.1, 0.15) is 30.7 Å².